The van der Waals surface area contributed by atoms with Gasteiger partial charge < -0.3 is 5.73 Å². The van der Waals surface area contributed by atoms with Crippen LogP contribution in [0.3, 0.4) is 0 Å². The van der Waals surface area contributed by atoms with E-state index in [2.05, 4.69) is 5.10 Å². The molecule has 0 aromatic carbocycles. The Labute approximate surface area is 89.8 Å². The summed E-state index contributed by atoms with van der Waals surface area (Å²) >= 11 is 0.691. The van der Waals surface area contributed by atoms with Crippen molar-refractivity contribution >= 4 is 11.8 Å². The second-order valence-electron chi connectivity index (χ2n) is 3.29. The van der Waals surface area contributed by atoms with Crippen molar-refractivity contribution in [3.05, 3.63) is 12.4 Å². The van der Waals surface area contributed by atoms with E-state index in [0.717, 1.165) is 0 Å². The fourth-order valence-corrected chi connectivity index (χ4v) is 2.04. The first-order chi connectivity index (χ1) is 6.80. The van der Waals surface area contributed by atoms with E-state index in [4.69, 9.17) is 5.73 Å². The molecule has 1 aromatic rings. The van der Waals surface area contributed by atoms with Gasteiger partial charge >= 0.3 is 6.18 Å². The van der Waals surface area contributed by atoms with Crippen molar-refractivity contribution in [3.63, 3.8) is 0 Å². The van der Waals surface area contributed by atoms with Crippen LogP contribution in [-0.2, 0) is 7.05 Å². The molecule has 2 N–H and O–H groups in total. The molecule has 86 valence electrons. The van der Waals surface area contributed by atoms with Gasteiger partial charge in [0.15, 0.2) is 0 Å². The highest BCUT2D eigenvalue weighted by Gasteiger charge is 2.42. The number of aromatic nitrogens is 2. The number of nitrogens with two attached hydrogens (primary N) is 1. The Morgan fingerprint density at radius 2 is 2.13 bits per heavy atom. The van der Waals surface area contributed by atoms with Crippen LogP contribution in [-0.4, -0.2) is 27.2 Å². The number of alkyl halides is 3. The summed E-state index contributed by atoms with van der Waals surface area (Å²) < 4.78 is 39.1. The number of hydrogen-bond donors (Lipinski definition) is 1. The quantitative estimate of drug-likeness (QED) is 0.818. The van der Waals surface area contributed by atoms with Crippen LogP contribution in [0.15, 0.2) is 17.3 Å². The minimum atomic E-state index is -4.30. The molecule has 1 aromatic heterocycles. The topological polar surface area (TPSA) is 43.8 Å². The van der Waals surface area contributed by atoms with Crippen molar-refractivity contribution in [2.45, 2.75) is 29.3 Å². The summed E-state index contributed by atoms with van der Waals surface area (Å²) in [6, 6.07) is -0.949. The normalized spacial score (nSPS) is 16.4. The van der Waals surface area contributed by atoms with Gasteiger partial charge in [-0.15, -0.1) is 11.8 Å². The van der Waals surface area contributed by atoms with Crippen molar-refractivity contribution in [1.29, 1.82) is 0 Å². The first-order valence-corrected chi connectivity index (χ1v) is 5.16. The van der Waals surface area contributed by atoms with Gasteiger partial charge in [-0.2, -0.15) is 18.3 Å². The third-order valence-electron chi connectivity index (χ3n) is 1.74. The molecule has 0 aliphatic rings. The zero-order chi connectivity index (χ0) is 11.6. The minimum Gasteiger partial charge on any atom is -0.327 e. The maximum Gasteiger partial charge on any atom is 0.402 e. The molecule has 0 amide bonds. The SMILES string of the molecule is CC(N)C(Sc1cnn(C)c1)C(F)(F)F. The Bertz CT molecular complexity index is 321. The van der Waals surface area contributed by atoms with Crippen LogP contribution in [0.5, 0.6) is 0 Å². The predicted octanol–water partition coefficient (Wildman–Crippen LogP) is 1.79. The van der Waals surface area contributed by atoms with Gasteiger partial charge in [-0.1, -0.05) is 0 Å². The van der Waals surface area contributed by atoms with Crippen molar-refractivity contribution in [2.75, 3.05) is 0 Å². The summed E-state index contributed by atoms with van der Waals surface area (Å²) in [6.07, 6.45) is -1.37. The first kappa shape index (κ1) is 12.4. The summed E-state index contributed by atoms with van der Waals surface area (Å²) in [5, 5.41) is 2.20. The Morgan fingerprint density at radius 1 is 1.53 bits per heavy atom. The minimum absolute atomic E-state index is 0.470. The highest BCUT2D eigenvalue weighted by Crippen LogP contribution is 2.36. The third kappa shape index (κ3) is 3.42. The van der Waals surface area contributed by atoms with Crippen LogP contribution in [0.1, 0.15) is 6.92 Å². The smallest absolute Gasteiger partial charge is 0.327 e. The first-order valence-electron chi connectivity index (χ1n) is 4.28. The van der Waals surface area contributed by atoms with Crippen LogP contribution in [0.4, 0.5) is 13.2 Å². The Balaban J connectivity index is 2.76. The molecule has 7 heteroatoms. The van der Waals surface area contributed by atoms with Gasteiger partial charge in [0.2, 0.25) is 0 Å². The van der Waals surface area contributed by atoms with E-state index in [1.54, 1.807) is 7.05 Å². The van der Waals surface area contributed by atoms with Gasteiger partial charge in [-0.05, 0) is 6.92 Å². The Kier molecular flexibility index (Phi) is 3.67. The molecule has 0 bridgehead atoms. The van der Waals surface area contributed by atoms with Gasteiger partial charge in [0.25, 0.3) is 0 Å². The molecule has 1 heterocycles. The number of thioether (sulfide) groups is 1. The number of rotatable bonds is 3. The molecule has 15 heavy (non-hydrogen) atoms. The van der Waals surface area contributed by atoms with E-state index < -0.39 is 17.5 Å². The molecule has 2 atom stereocenters. The summed E-state index contributed by atoms with van der Waals surface area (Å²) in [7, 11) is 1.65. The second kappa shape index (κ2) is 4.44. The van der Waals surface area contributed by atoms with Crippen molar-refractivity contribution in [2.24, 2.45) is 12.8 Å². The molecule has 1 rings (SSSR count). The fraction of sp³-hybridized carbons (Fsp3) is 0.625. The highest BCUT2D eigenvalue weighted by atomic mass is 32.2. The van der Waals surface area contributed by atoms with E-state index in [1.807, 2.05) is 0 Å². The summed E-state index contributed by atoms with van der Waals surface area (Å²) in [6.45, 7) is 1.35. The molecule has 0 aliphatic heterocycles. The molecular formula is C8H12F3N3S. The summed E-state index contributed by atoms with van der Waals surface area (Å²) in [5.74, 6) is 0. The number of aryl methyl sites for hydroxylation is 1. The van der Waals surface area contributed by atoms with Gasteiger partial charge in [0, 0.05) is 24.2 Å². The monoisotopic (exact) mass is 239 g/mol. The average molecular weight is 239 g/mol. The van der Waals surface area contributed by atoms with Crippen LogP contribution >= 0.6 is 11.8 Å². The van der Waals surface area contributed by atoms with Crippen molar-refractivity contribution in [1.82, 2.24) is 9.78 Å². The standard InChI is InChI=1S/C8H12F3N3S/c1-5(12)7(8(9,10)11)15-6-3-13-14(2)4-6/h3-5,7H,12H2,1-2H3. The summed E-state index contributed by atoms with van der Waals surface area (Å²) in [4.78, 5) is 0.470. The molecule has 0 saturated carbocycles. The maximum absolute atomic E-state index is 12.5. The molecule has 3 nitrogen and oxygen atoms in total. The lowest BCUT2D eigenvalue weighted by molar-refractivity contribution is -0.131. The number of hydrogen-bond acceptors (Lipinski definition) is 3. The van der Waals surface area contributed by atoms with E-state index in [9.17, 15) is 13.2 Å². The van der Waals surface area contributed by atoms with Gasteiger partial charge in [0.1, 0.15) is 5.25 Å². The van der Waals surface area contributed by atoms with Gasteiger partial charge in [0.05, 0.1) is 6.20 Å². The molecule has 0 spiro atoms. The molecule has 0 saturated heterocycles. The Morgan fingerprint density at radius 3 is 2.47 bits per heavy atom. The number of halogens is 3. The van der Waals surface area contributed by atoms with Crippen LogP contribution in [0.25, 0.3) is 0 Å². The lowest BCUT2D eigenvalue weighted by Gasteiger charge is -2.22. The maximum atomic E-state index is 12.5. The molecule has 0 fully saturated rings. The van der Waals surface area contributed by atoms with E-state index in [0.29, 0.717) is 16.7 Å². The lowest BCUT2D eigenvalue weighted by atomic mass is 10.2. The third-order valence-corrected chi connectivity index (χ3v) is 3.18. The highest BCUT2D eigenvalue weighted by molar-refractivity contribution is 8.00. The molecule has 2 unspecified atom stereocenters. The van der Waals surface area contributed by atoms with E-state index in [-0.39, 0.29) is 0 Å². The van der Waals surface area contributed by atoms with E-state index >= 15 is 0 Å². The van der Waals surface area contributed by atoms with Crippen LogP contribution in [0, 0.1) is 0 Å². The van der Waals surface area contributed by atoms with Crippen molar-refractivity contribution in [3.8, 4) is 0 Å². The molecule has 0 aliphatic carbocycles. The zero-order valence-electron chi connectivity index (χ0n) is 8.32. The lowest BCUT2D eigenvalue weighted by Crippen LogP contribution is -2.40. The van der Waals surface area contributed by atoms with Crippen molar-refractivity contribution < 1.29 is 13.2 Å². The van der Waals surface area contributed by atoms with Crippen LogP contribution in [0.2, 0.25) is 0 Å². The van der Waals surface area contributed by atoms with E-state index in [1.165, 1.54) is 24.0 Å². The number of nitrogens with zero attached hydrogens (tertiary/aromatic N) is 2. The average Bonchev–Trinajstić information content (AvgIpc) is 2.44. The summed E-state index contributed by atoms with van der Waals surface area (Å²) in [5.41, 5.74) is 5.31. The largest absolute Gasteiger partial charge is 0.402 e. The zero-order valence-corrected chi connectivity index (χ0v) is 9.14. The van der Waals surface area contributed by atoms with Gasteiger partial charge in [-0.25, -0.2) is 0 Å². The Hall–Kier alpha value is -0.690. The fourth-order valence-electron chi connectivity index (χ4n) is 1.08. The van der Waals surface area contributed by atoms with Crippen LogP contribution < -0.4 is 5.73 Å². The predicted molar refractivity (Wildman–Crippen MR) is 52.6 cm³/mol. The molecule has 0 radical (unpaired) electrons. The second-order valence-corrected chi connectivity index (χ2v) is 4.50. The van der Waals surface area contributed by atoms with Gasteiger partial charge in [-0.3, -0.25) is 4.68 Å². The molecular weight excluding hydrogens is 227 g/mol.